The highest BCUT2D eigenvalue weighted by atomic mass is 79.9. The average molecular weight is 400 g/mol. The number of hydrogen-bond acceptors (Lipinski definition) is 3. The zero-order chi connectivity index (χ0) is 14.7. The van der Waals surface area contributed by atoms with E-state index in [1.54, 1.807) is 13.0 Å². The van der Waals surface area contributed by atoms with Crippen LogP contribution in [0.15, 0.2) is 45.3 Å². The molecule has 0 saturated heterocycles. The zero-order valence-corrected chi connectivity index (χ0v) is 13.9. The van der Waals surface area contributed by atoms with Gasteiger partial charge in [0, 0.05) is 32.8 Å². The molecule has 4 nitrogen and oxygen atoms in total. The average Bonchev–Trinajstić information content (AvgIpc) is 2.41. The lowest BCUT2D eigenvalue weighted by molar-refractivity contribution is -0.385. The van der Waals surface area contributed by atoms with Crippen LogP contribution in [0, 0.1) is 17.0 Å². The van der Waals surface area contributed by atoms with E-state index >= 15 is 0 Å². The fourth-order valence-electron chi connectivity index (χ4n) is 1.86. The largest absolute Gasteiger partial charge is 0.381 e. The Hall–Kier alpha value is -1.40. The van der Waals surface area contributed by atoms with Crippen LogP contribution in [0.1, 0.15) is 11.1 Å². The van der Waals surface area contributed by atoms with Crippen LogP contribution in [0.3, 0.4) is 0 Å². The third-order valence-corrected chi connectivity index (χ3v) is 4.85. The topological polar surface area (TPSA) is 55.2 Å². The number of anilines is 1. The van der Waals surface area contributed by atoms with Crippen LogP contribution in [0.5, 0.6) is 0 Å². The Morgan fingerprint density at radius 2 is 1.95 bits per heavy atom. The number of nitrogens with zero attached hydrogens (tertiary/aromatic N) is 1. The molecule has 0 unspecified atom stereocenters. The summed E-state index contributed by atoms with van der Waals surface area (Å²) in [6, 6.07) is 11.0. The van der Waals surface area contributed by atoms with E-state index in [4.69, 9.17) is 0 Å². The first-order valence-corrected chi connectivity index (χ1v) is 7.49. The van der Waals surface area contributed by atoms with Gasteiger partial charge in [0.05, 0.1) is 4.92 Å². The summed E-state index contributed by atoms with van der Waals surface area (Å²) in [5.41, 5.74) is 2.64. The lowest BCUT2D eigenvalue weighted by Crippen LogP contribution is -2.02. The minimum atomic E-state index is -0.364. The second-order valence-corrected chi connectivity index (χ2v) is 6.02. The first kappa shape index (κ1) is 15.0. The molecule has 0 aromatic heterocycles. The van der Waals surface area contributed by atoms with Crippen LogP contribution >= 0.6 is 31.9 Å². The molecule has 6 heteroatoms. The van der Waals surface area contributed by atoms with Crippen LogP contribution in [-0.2, 0) is 6.54 Å². The standard InChI is InChI=1S/C14H12Br2N2O2/c1-9-13(3-2-4-14(9)18(19)20)17-8-10-5-6-11(15)12(16)7-10/h2-7,17H,8H2,1H3. The SMILES string of the molecule is Cc1c(NCc2ccc(Br)c(Br)c2)cccc1[N+](=O)[O-]. The quantitative estimate of drug-likeness (QED) is 0.578. The summed E-state index contributed by atoms with van der Waals surface area (Å²) < 4.78 is 1.97. The second kappa shape index (κ2) is 6.37. The van der Waals surface area contributed by atoms with Gasteiger partial charge in [-0.25, -0.2) is 0 Å². The minimum absolute atomic E-state index is 0.131. The van der Waals surface area contributed by atoms with Crippen molar-refractivity contribution in [3.8, 4) is 0 Å². The monoisotopic (exact) mass is 398 g/mol. The van der Waals surface area contributed by atoms with Gasteiger partial charge in [0.25, 0.3) is 5.69 Å². The maximum absolute atomic E-state index is 10.9. The van der Waals surface area contributed by atoms with Gasteiger partial charge in [0.1, 0.15) is 0 Å². The van der Waals surface area contributed by atoms with Crippen LogP contribution in [0.2, 0.25) is 0 Å². The molecule has 2 rings (SSSR count). The fraction of sp³-hybridized carbons (Fsp3) is 0.143. The highest BCUT2D eigenvalue weighted by Crippen LogP contribution is 2.27. The van der Waals surface area contributed by atoms with E-state index in [0.29, 0.717) is 12.1 Å². The highest BCUT2D eigenvalue weighted by molar-refractivity contribution is 9.13. The van der Waals surface area contributed by atoms with Crippen molar-refractivity contribution in [2.24, 2.45) is 0 Å². The highest BCUT2D eigenvalue weighted by Gasteiger charge is 2.12. The van der Waals surface area contributed by atoms with Crippen molar-refractivity contribution >= 4 is 43.2 Å². The van der Waals surface area contributed by atoms with Gasteiger partial charge < -0.3 is 5.32 Å². The summed E-state index contributed by atoms with van der Waals surface area (Å²) >= 11 is 6.87. The fourth-order valence-corrected chi connectivity index (χ4v) is 2.53. The van der Waals surface area contributed by atoms with Gasteiger partial charge in [-0.05, 0) is 62.5 Å². The number of benzene rings is 2. The van der Waals surface area contributed by atoms with Gasteiger partial charge in [-0.15, -0.1) is 0 Å². The van der Waals surface area contributed by atoms with Gasteiger partial charge in [0.2, 0.25) is 0 Å². The molecule has 1 N–H and O–H groups in total. The first-order valence-electron chi connectivity index (χ1n) is 5.91. The molecule has 2 aromatic rings. The molecule has 0 aliphatic rings. The summed E-state index contributed by atoms with van der Waals surface area (Å²) in [6.45, 7) is 2.35. The predicted molar refractivity (Wildman–Crippen MR) is 87.0 cm³/mol. The van der Waals surface area contributed by atoms with E-state index in [-0.39, 0.29) is 10.6 Å². The van der Waals surface area contributed by atoms with Crippen molar-refractivity contribution in [1.29, 1.82) is 0 Å². The van der Waals surface area contributed by atoms with Gasteiger partial charge in [-0.1, -0.05) is 12.1 Å². The Kier molecular flexibility index (Phi) is 4.77. The number of rotatable bonds is 4. The van der Waals surface area contributed by atoms with Crippen LogP contribution in [-0.4, -0.2) is 4.92 Å². The van der Waals surface area contributed by atoms with E-state index < -0.39 is 0 Å². The van der Waals surface area contributed by atoms with Gasteiger partial charge in [-0.3, -0.25) is 10.1 Å². The molecule has 0 spiro atoms. The van der Waals surface area contributed by atoms with Crippen LogP contribution < -0.4 is 5.32 Å². The molecule has 0 radical (unpaired) electrons. The molecule has 0 aliphatic heterocycles. The maximum atomic E-state index is 10.9. The Bertz CT molecular complexity index is 660. The minimum Gasteiger partial charge on any atom is -0.381 e. The molecule has 2 aromatic carbocycles. The first-order chi connectivity index (χ1) is 9.49. The molecule has 0 aliphatic carbocycles. The van der Waals surface area contributed by atoms with Crippen LogP contribution in [0.25, 0.3) is 0 Å². The van der Waals surface area contributed by atoms with Crippen molar-refractivity contribution in [1.82, 2.24) is 0 Å². The molecule has 0 saturated carbocycles. The summed E-state index contributed by atoms with van der Waals surface area (Å²) in [5, 5.41) is 14.1. The van der Waals surface area contributed by atoms with E-state index in [1.807, 2.05) is 24.3 Å². The number of halogens is 2. The number of nitrogens with one attached hydrogen (secondary N) is 1. The predicted octanol–water partition coefficient (Wildman–Crippen LogP) is 5.04. The molecule has 0 atom stereocenters. The zero-order valence-electron chi connectivity index (χ0n) is 10.7. The Morgan fingerprint density at radius 1 is 1.20 bits per heavy atom. The lowest BCUT2D eigenvalue weighted by Gasteiger charge is -2.10. The number of hydrogen-bond donors (Lipinski definition) is 1. The van der Waals surface area contributed by atoms with Gasteiger partial charge in [0.15, 0.2) is 0 Å². The normalized spacial score (nSPS) is 10.3. The van der Waals surface area contributed by atoms with E-state index in [0.717, 1.165) is 20.2 Å². The molecule has 0 heterocycles. The lowest BCUT2D eigenvalue weighted by atomic mass is 10.1. The third-order valence-electron chi connectivity index (χ3n) is 2.97. The van der Waals surface area contributed by atoms with E-state index in [1.165, 1.54) is 6.07 Å². The third kappa shape index (κ3) is 3.37. The summed E-state index contributed by atoms with van der Waals surface area (Å²) in [7, 11) is 0. The van der Waals surface area contributed by atoms with Crippen molar-refractivity contribution in [2.75, 3.05) is 5.32 Å². The number of nitro benzene ring substituents is 1. The summed E-state index contributed by atoms with van der Waals surface area (Å²) in [5.74, 6) is 0. The summed E-state index contributed by atoms with van der Waals surface area (Å²) in [4.78, 5) is 10.5. The Morgan fingerprint density at radius 3 is 2.60 bits per heavy atom. The molecule has 0 bridgehead atoms. The second-order valence-electron chi connectivity index (χ2n) is 4.31. The Labute approximate surface area is 133 Å². The summed E-state index contributed by atoms with van der Waals surface area (Å²) in [6.07, 6.45) is 0. The van der Waals surface area contributed by atoms with Gasteiger partial charge >= 0.3 is 0 Å². The smallest absolute Gasteiger partial charge is 0.274 e. The molecule has 0 amide bonds. The van der Waals surface area contributed by atoms with Gasteiger partial charge in [-0.2, -0.15) is 0 Å². The van der Waals surface area contributed by atoms with E-state index in [2.05, 4.69) is 37.2 Å². The molecule has 20 heavy (non-hydrogen) atoms. The Balaban J connectivity index is 2.17. The molecule has 0 fully saturated rings. The van der Waals surface area contributed by atoms with Crippen molar-refractivity contribution in [2.45, 2.75) is 13.5 Å². The van der Waals surface area contributed by atoms with Crippen molar-refractivity contribution in [3.05, 3.63) is 66.6 Å². The molecular weight excluding hydrogens is 388 g/mol. The maximum Gasteiger partial charge on any atom is 0.274 e. The van der Waals surface area contributed by atoms with E-state index in [9.17, 15) is 10.1 Å². The molecular formula is C14H12Br2N2O2. The van der Waals surface area contributed by atoms with Crippen LogP contribution in [0.4, 0.5) is 11.4 Å². The van der Waals surface area contributed by atoms with Crippen molar-refractivity contribution < 1.29 is 4.92 Å². The molecule has 104 valence electrons. The van der Waals surface area contributed by atoms with Crippen molar-refractivity contribution in [3.63, 3.8) is 0 Å². The number of nitro groups is 1.